The van der Waals surface area contributed by atoms with Crippen molar-refractivity contribution in [1.29, 1.82) is 0 Å². The van der Waals surface area contributed by atoms with Gasteiger partial charge in [-0.15, -0.1) is 0 Å². The molecule has 4 aromatic rings. The first-order valence-electron chi connectivity index (χ1n) is 8.04. The fourth-order valence-corrected chi connectivity index (χ4v) is 3.03. The van der Waals surface area contributed by atoms with Gasteiger partial charge in [-0.1, -0.05) is 12.1 Å². The third-order valence-corrected chi connectivity index (χ3v) is 4.50. The van der Waals surface area contributed by atoms with Gasteiger partial charge in [0.2, 0.25) is 5.95 Å². The van der Waals surface area contributed by atoms with Crippen LogP contribution in [0.4, 0.5) is 5.95 Å². The van der Waals surface area contributed by atoms with E-state index in [2.05, 4.69) is 38.1 Å². The summed E-state index contributed by atoms with van der Waals surface area (Å²) in [7, 11) is 3.72. The number of aromatic nitrogens is 3. The summed E-state index contributed by atoms with van der Waals surface area (Å²) in [6.45, 7) is 2.08. The SMILES string of the molecule is COc1ccc2c(c1)c(/C=N/Nc1nc3ccccc3[nH]1)c(C)n2C. The smallest absolute Gasteiger partial charge is 0.222 e. The minimum atomic E-state index is 0.618. The van der Waals surface area contributed by atoms with Crippen molar-refractivity contribution in [3.05, 3.63) is 53.7 Å². The summed E-state index contributed by atoms with van der Waals surface area (Å²) in [4.78, 5) is 7.65. The van der Waals surface area contributed by atoms with Gasteiger partial charge in [0.1, 0.15) is 5.75 Å². The van der Waals surface area contributed by atoms with Crippen molar-refractivity contribution in [3.8, 4) is 5.75 Å². The highest BCUT2D eigenvalue weighted by molar-refractivity contribution is 6.01. The number of aryl methyl sites for hydroxylation is 1. The second kappa shape index (κ2) is 5.98. The Kier molecular flexibility index (Phi) is 3.65. The lowest BCUT2D eigenvalue weighted by atomic mass is 10.1. The Hall–Kier alpha value is -3.28. The van der Waals surface area contributed by atoms with Crippen molar-refractivity contribution in [1.82, 2.24) is 14.5 Å². The third-order valence-electron chi connectivity index (χ3n) is 4.50. The Labute approximate surface area is 145 Å². The van der Waals surface area contributed by atoms with Gasteiger partial charge >= 0.3 is 0 Å². The molecule has 0 unspecified atom stereocenters. The molecule has 0 aliphatic carbocycles. The van der Waals surface area contributed by atoms with Gasteiger partial charge in [-0.3, -0.25) is 0 Å². The monoisotopic (exact) mass is 333 g/mol. The van der Waals surface area contributed by atoms with Crippen LogP contribution in [0, 0.1) is 6.92 Å². The molecule has 2 aromatic heterocycles. The van der Waals surface area contributed by atoms with E-state index < -0.39 is 0 Å². The number of fused-ring (bicyclic) bond motifs is 2. The average Bonchev–Trinajstić information content (AvgIpc) is 3.15. The maximum Gasteiger partial charge on any atom is 0.222 e. The Morgan fingerprint density at radius 2 is 2.08 bits per heavy atom. The van der Waals surface area contributed by atoms with Crippen LogP contribution in [-0.2, 0) is 7.05 Å². The maximum absolute atomic E-state index is 5.35. The van der Waals surface area contributed by atoms with Gasteiger partial charge in [-0.05, 0) is 37.3 Å². The number of aromatic amines is 1. The van der Waals surface area contributed by atoms with Crippen LogP contribution in [0.3, 0.4) is 0 Å². The fourth-order valence-electron chi connectivity index (χ4n) is 3.03. The first-order valence-corrected chi connectivity index (χ1v) is 8.04. The van der Waals surface area contributed by atoms with Crippen molar-refractivity contribution in [3.63, 3.8) is 0 Å². The predicted octanol–water partition coefficient (Wildman–Crippen LogP) is 3.82. The van der Waals surface area contributed by atoms with E-state index in [1.54, 1.807) is 7.11 Å². The van der Waals surface area contributed by atoms with Gasteiger partial charge in [0, 0.05) is 29.2 Å². The summed E-state index contributed by atoms with van der Waals surface area (Å²) in [6, 6.07) is 13.9. The van der Waals surface area contributed by atoms with Crippen molar-refractivity contribution in [2.75, 3.05) is 12.5 Å². The van der Waals surface area contributed by atoms with E-state index in [0.717, 1.165) is 38.9 Å². The molecule has 0 radical (unpaired) electrons. The van der Waals surface area contributed by atoms with E-state index in [4.69, 9.17) is 4.74 Å². The van der Waals surface area contributed by atoms with Gasteiger partial charge in [-0.2, -0.15) is 5.10 Å². The summed E-state index contributed by atoms with van der Waals surface area (Å²) in [5.74, 6) is 1.45. The predicted molar refractivity (Wildman–Crippen MR) is 102 cm³/mol. The van der Waals surface area contributed by atoms with E-state index >= 15 is 0 Å². The molecule has 6 heteroatoms. The Bertz CT molecular complexity index is 1060. The molecule has 0 aliphatic heterocycles. The van der Waals surface area contributed by atoms with Crippen LogP contribution < -0.4 is 10.2 Å². The number of hydrogen-bond donors (Lipinski definition) is 2. The molecule has 0 saturated heterocycles. The molecule has 0 fully saturated rings. The number of H-pyrrole nitrogens is 1. The first kappa shape index (κ1) is 15.3. The minimum Gasteiger partial charge on any atom is -0.497 e. The molecule has 126 valence electrons. The molecule has 4 rings (SSSR count). The quantitative estimate of drug-likeness (QED) is 0.441. The molecule has 0 saturated carbocycles. The molecular formula is C19H19N5O. The largest absolute Gasteiger partial charge is 0.497 e. The van der Waals surface area contributed by atoms with Crippen LogP contribution in [0.15, 0.2) is 47.6 Å². The van der Waals surface area contributed by atoms with Gasteiger partial charge < -0.3 is 14.3 Å². The van der Waals surface area contributed by atoms with Crippen molar-refractivity contribution < 1.29 is 4.74 Å². The summed E-state index contributed by atoms with van der Waals surface area (Å²) in [6.07, 6.45) is 1.82. The van der Waals surface area contributed by atoms with Crippen LogP contribution in [-0.4, -0.2) is 27.9 Å². The number of imidazole rings is 1. The van der Waals surface area contributed by atoms with E-state index in [9.17, 15) is 0 Å². The molecule has 2 heterocycles. The standard InChI is InChI=1S/C19H19N5O/c1-12-15(14-10-13(25-3)8-9-18(14)24(12)2)11-20-23-19-21-16-6-4-5-7-17(16)22-19/h4-11H,1-3H3,(H2,21,22,23)/b20-11+. The average molecular weight is 333 g/mol. The number of hydrogen-bond acceptors (Lipinski definition) is 4. The van der Waals surface area contributed by atoms with Crippen LogP contribution in [0.1, 0.15) is 11.3 Å². The molecule has 0 atom stereocenters. The second-order valence-corrected chi connectivity index (χ2v) is 5.91. The van der Waals surface area contributed by atoms with Crippen LogP contribution in [0.25, 0.3) is 21.9 Å². The first-order chi connectivity index (χ1) is 12.2. The van der Waals surface area contributed by atoms with Crippen molar-refractivity contribution in [2.45, 2.75) is 6.92 Å². The van der Waals surface area contributed by atoms with Gasteiger partial charge in [0.25, 0.3) is 0 Å². The highest BCUT2D eigenvalue weighted by Crippen LogP contribution is 2.27. The van der Waals surface area contributed by atoms with E-state index in [0.29, 0.717) is 5.95 Å². The zero-order chi connectivity index (χ0) is 17.4. The summed E-state index contributed by atoms with van der Waals surface area (Å²) in [5, 5.41) is 5.47. The number of anilines is 1. The minimum absolute atomic E-state index is 0.618. The number of methoxy groups -OCH3 is 1. The number of nitrogens with zero attached hydrogens (tertiary/aromatic N) is 3. The maximum atomic E-state index is 5.35. The number of hydrazone groups is 1. The second-order valence-electron chi connectivity index (χ2n) is 5.91. The molecule has 25 heavy (non-hydrogen) atoms. The fraction of sp³-hybridized carbons (Fsp3) is 0.158. The molecule has 2 N–H and O–H groups in total. The Morgan fingerprint density at radius 1 is 1.24 bits per heavy atom. The van der Waals surface area contributed by atoms with E-state index in [1.165, 1.54) is 0 Å². The summed E-state index contributed by atoms with van der Waals surface area (Å²) >= 11 is 0. The molecule has 0 bridgehead atoms. The van der Waals surface area contributed by atoms with Crippen LogP contribution >= 0.6 is 0 Å². The number of nitrogens with one attached hydrogen (secondary N) is 2. The van der Waals surface area contributed by atoms with Gasteiger partial charge in [-0.25, -0.2) is 10.4 Å². The number of benzene rings is 2. The highest BCUT2D eigenvalue weighted by Gasteiger charge is 2.11. The summed E-state index contributed by atoms with van der Waals surface area (Å²) < 4.78 is 7.50. The van der Waals surface area contributed by atoms with Crippen LogP contribution in [0.2, 0.25) is 0 Å². The number of para-hydroxylation sites is 2. The molecular weight excluding hydrogens is 314 g/mol. The lowest BCUT2D eigenvalue weighted by Gasteiger charge is -2.00. The molecule has 2 aromatic carbocycles. The Balaban J connectivity index is 1.67. The van der Waals surface area contributed by atoms with Gasteiger partial charge in [0.15, 0.2) is 0 Å². The highest BCUT2D eigenvalue weighted by atomic mass is 16.5. The van der Waals surface area contributed by atoms with E-state index in [-0.39, 0.29) is 0 Å². The molecule has 0 amide bonds. The molecule has 0 aliphatic rings. The number of ether oxygens (including phenoxy) is 1. The topological polar surface area (TPSA) is 67.2 Å². The third kappa shape index (κ3) is 2.61. The van der Waals surface area contributed by atoms with E-state index in [1.807, 2.05) is 49.7 Å². The summed E-state index contributed by atoms with van der Waals surface area (Å²) in [5.41, 5.74) is 8.20. The van der Waals surface area contributed by atoms with Crippen molar-refractivity contribution >= 4 is 34.1 Å². The van der Waals surface area contributed by atoms with Gasteiger partial charge in [0.05, 0.1) is 24.4 Å². The zero-order valence-corrected chi connectivity index (χ0v) is 14.4. The van der Waals surface area contributed by atoms with Crippen molar-refractivity contribution in [2.24, 2.45) is 12.1 Å². The normalized spacial score (nSPS) is 11.6. The molecule has 0 spiro atoms. The number of rotatable bonds is 4. The lowest BCUT2D eigenvalue weighted by molar-refractivity contribution is 0.415. The zero-order valence-electron chi connectivity index (χ0n) is 14.4. The van der Waals surface area contributed by atoms with Crippen LogP contribution in [0.5, 0.6) is 5.75 Å². The molecule has 6 nitrogen and oxygen atoms in total. The lowest BCUT2D eigenvalue weighted by Crippen LogP contribution is -1.95. The Morgan fingerprint density at radius 3 is 2.88 bits per heavy atom.